The minimum atomic E-state index is -2.14. The van der Waals surface area contributed by atoms with E-state index in [1.807, 2.05) is 0 Å². The predicted octanol–water partition coefficient (Wildman–Crippen LogP) is 1.77. The Morgan fingerprint density at radius 1 is 1.42 bits per heavy atom. The molecule has 0 aromatic heterocycles. The van der Waals surface area contributed by atoms with Crippen LogP contribution in [0.25, 0.3) is 0 Å². The molecule has 1 rings (SSSR count). The molecule has 0 heterocycles. The molecule has 0 aliphatic rings. The molecule has 0 amide bonds. The molecule has 0 radical (unpaired) electrons. The molecular formula is C8H8FO2S-. The van der Waals surface area contributed by atoms with Crippen molar-refractivity contribution < 1.29 is 13.2 Å². The van der Waals surface area contributed by atoms with Crippen LogP contribution in [0.15, 0.2) is 24.3 Å². The first-order chi connectivity index (χ1) is 5.61. The lowest BCUT2D eigenvalue weighted by Crippen LogP contribution is -2.00. The highest BCUT2D eigenvalue weighted by Gasteiger charge is 2.04. The first-order valence-electron chi connectivity index (χ1n) is 3.45. The molecule has 0 aliphatic heterocycles. The van der Waals surface area contributed by atoms with Gasteiger partial charge in [0.2, 0.25) is 0 Å². The van der Waals surface area contributed by atoms with Gasteiger partial charge in [-0.2, -0.15) is 0 Å². The van der Waals surface area contributed by atoms with Crippen molar-refractivity contribution in [2.24, 2.45) is 0 Å². The first-order valence-corrected chi connectivity index (χ1v) is 4.58. The van der Waals surface area contributed by atoms with E-state index >= 15 is 0 Å². The maximum absolute atomic E-state index is 12.4. The monoisotopic (exact) mass is 187 g/mol. The topological polar surface area (TPSA) is 40.1 Å². The van der Waals surface area contributed by atoms with Crippen LogP contribution >= 0.6 is 0 Å². The Labute approximate surface area is 72.7 Å². The third-order valence-electron chi connectivity index (χ3n) is 1.63. The minimum absolute atomic E-state index is 0.359. The van der Waals surface area contributed by atoms with Gasteiger partial charge in [-0.25, -0.2) is 4.39 Å². The molecule has 1 aromatic carbocycles. The number of rotatable bonds is 2. The van der Waals surface area contributed by atoms with Crippen molar-refractivity contribution in [2.45, 2.75) is 12.2 Å². The van der Waals surface area contributed by atoms with Gasteiger partial charge in [-0.3, -0.25) is 4.21 Å². The first kappa shape index (κ1) is 9.35. The van der Waals surface area contributed by atoms with E-state index in [0.29, 0.717) is 5.56 Å². The summed E-state index contributed by atoms with van der Waals surface area (Å²) in [4.78, 5) is 0. The van der Waals surface area contributed by atoms with Gasteiger partial charge in [0, 0.05) is 5.25 Å². The number of halogens is 1. The van der Waals surface area contributed by atoms with Crippen molar-refractivity contribution in [3.63, 3.8) is 0 Å². The maximum Gasteiger partial charge on any atom is 0.123 e. The molecule has 0 saturated carbocycles. The van der Waals surface area contributed by atoms with Crippen molar-refractivity contribution in [2.75, 3.05) is 0 Å². The van der Waals surface area contributed by atoms with E-state index < -0.39 is 16.3 Å². The molecule has 0 N–H and O–H groups in total. The van der Waals surface area contributed by atoms with Crippen LogP contribution in [0.3, 0.4) is 0 Å². The summed E-state index contributed by atoms with van der Waals surface area (Å²) in [6, 6.07) is 5.43. The van der Waals surface area contributed by atoms with E-state index in [4.69, 9.17) is 0 Å². The van der Waals surface area contributed by atoms with Gasteiger partial charge in [-0.05, 0) is 35.7 Å². The summed E-state index contributed by atoms with van der Waals surface area (Å²) in [6.07, 6.45) is 0. The van der Waals surface area contributed by atoms with Crippen molar-refractivity contribution >= 4 is 11.1 Å². The van der Waals surface area contributed by atoms with Crippen molar-refractivity contribution in [1.29, 1.82) is 0 Å². The number of hydrogen-bond donors (Lipinski definition) is 0. The number of benzene rings is 1. The zero-order valence-corrected chi connectivity index (χ0v) is 7.31. The van der Waals surface area contributed by atoms with E-state index in [2.05, 4.69) is 0 Å². The van der Waals surface area contributed by atoms with Crippen LogP contribution in [0.1, 0.15) is 17.7 Å². The normalized spacial score (nSPS) is 15.6. The Balaban J connectivity index is 2.89. The van der Waals surface area contributed by atoms with Crippen LogP contribution in [0.5, 0.6) is 0 Å². The van der Waals surface area contributed by atoms with Gasteiger partial charge in [-0.15, -0.1) is 0 Å². The predicted molar refractivity (Wildman–Crippen MR) is 43.7 cm³/mol. The standard InChI is InChI=1S/C8H9FO2S/c1-6(12(10)11)7-2-4-8(9)5-3-7/h2-6H,1H3,(H,10,11)/p-1. The second kappa shape index (κ2) is 3.78. The highest BCUT2D eigenvalue weighted by Crippen LogP contribution is 2.17. The summed E-state index contributed by atoms with van der Waals surface area (Å²) in [5.41, 5.74) is 0.602. The lowest BCUT2D eigenvalue weighted by molar-refractivity contribution is 0.527. The molecule has 0 saturated heterocycles. The zero-order chi connectivity index (χ0) is 9.14. The summed E-state index contributed by atoms with van der Waals surface area (Å²) < 4.78 is 33.4. The van der Waals surface area contributed by atoms with Gasteiger partial charge in [0.1, 0.15) is 5.82 Å². The zero-order valence-electron chi connectivity index (χ0n) is 6.49. The molecule has 0 spiro atoms. The van der Waals surface area contributed by atoms with Crippen LogP contribution in [-0.2, 0) is 11.1 Å². The molecule has 0 aliphatic carbocycles. The second-order valence-corrected chi connectivity index (χ2v) is 3.68. The lowest BCUT2D eigenvalue weighted by Gasteiger charge is -2.14. The van der Waals surface area contributed by atoms with Gasteiger partial charge in [0.25, 0.3) is 0 Å². The Bertz CT molecular complexity index is 284. The molecule has 0 bridgehead atoms. The quantitative estimate of drug-likeness (QED) is 0.662. The van der Waals surface area contributed by atoms with E-state index in [0.717, 1.165) is 0 Å². The van der Waals surface area contributed by atoms with E-state index in [1.165, 1.54) is 24.3 Å². The minimum Gasteiger partial charge on any atom is -0.772 e. The van der Waals surface area contributed by atoms with Gasteiger partial charge < -0.3 is 4.55 Å². The summed E-state index contributed by atoms with van der Waals surface area (Å²) in [5, 5.41) is -0.578. The number of hydrogen-bond acceptors (Lipinski definition) is 2. The fourth-order valence-corrected chi connectivity index (χ4v) is 1.22. The Hall–Kier alpha value is -0.740. The van der Waals surface area contributed by atoms with Gasteiger partial charge >= 0.3 is 0 Å². The summed E-state index contributed by atoms with van der Waals surface area (Å²) >= 11 is -2.14. The molecule has 1 aromatic rings. The third kappa shape index (κ3) is 2.12. The molecule has 0 fully saturated rings. The van der Waals surface area contributed by atoms with Gasteiger partial charge in [0.15, 0.2) is 0 Å². The lowest BCUT2D eigenvalue weighted by atomic mass is 10.2. The average Bonchev–Trinajstić information content (AvgIpc) is 2.04. The van der Waals surface area contributed by atoms with Crippen LogP contribution in [0.4, 0.5) is 4.39 Å². The fourth-order valence-electron chi connectivity index (χ4n) is 0.845. The van der Waals surface area contributed by atoms with E-state index in [-0.39, 0.29) is 5.82 Å². The highest BCUT2D eigenvalue weighted by atomic mass is 32.2. The summed E-state index contributed by atoms with van der Waals surface area (Å²) in [7, 11) is 0. The molecular weight excluding hydrogens is 179 g/mol. The van der Waals surface area contributed by atoms with Crippen LogP contribution in [0, 0.1) is 5.82 Å². The van der Waals surface area contributed by atoms with Gasteiger partial charge in [0.05, 0.1) is 0 Å². The fraction of sp³-hybridized carbons (Fsp3) is 0.250. The molecule has 66 valence electrons. The second-order valence-electron chi connectivity index (χ2n) is 2.45. The SMILES string of the molecule is CC(c1ccc(F)cc1)S(=O)[O-]. The Morgan fingerprint density at radius 3 is 2.33 bits per heavy atom. The smallest absolute Gasteiger partial charge is 0.123 e. The summed E-state index contributed by atoms with van der Waals surface area (Å²) in [5.74, 6) is -0.359. The molecule has 2 nitrogen and oxygen atoms in total. The largest absolute Gasteiger partial charge is 0.772 e. The molecule has 12 heavy (non-hydrogen) atoms. The van der Waals surface area contributed by atoms with E-state index in [9.17, 15) is 13.2 Å². The molecule has 2 atom stereocenters. The van der Waals surface area contributed by atoms with Crippen molar-refractivity contribution in [3.05, 3.63) is 35.6 Å². The Kier molecular flexibility index (Phi) is 2.94. The van der Waals surface area contributed by atoms with Crippen molar-refractivity contribution in [3.8, 4) is 0 Å². The average molecular weight is 187 g/mol. The summed E-state index contributed by atoms with van der Waals surface area (Å²) in [6.45, 7) is 1.55. The molecule has 2 unspecified atom stereocenters. The third-order valence-corrected chi connectivity index (χ3v) is 2.48. The maximum atomic E-state index is 12.4. The van der Waals surface area contributed by atoms with Crippen LogP contribution < -0.4 is 0 Å². The van der Waals surface area contributed by atoms with Gasteiger partial charge in [-0.1, -0.05) is 12.1 Å². The van der Waals surface area contributed by atoms with Crippen molar-refractivity contribution in [1.82, 2.24) is 0 Å². The molecule has 4 heteroatoms. The Morgan fingerprint density at radius 2 is 1.92 bits per heavy atom. The van der Waals surface area contributed by atoms with Crippen LogP contribution in [-0.4, -0.2) is 8.76 Å². The van der Waals surface area contributed by atoms with E-state index in [1.54, 1.807) is 6.92 Å². The van der Waals surface area contributed by atoms with Crippen LogP contribution in [0.2, 0.25) is 0 Å². The highest BCUT2D eigenvalue weighted by molar-refractivity contribution is 7.79.